The fourth-order valence-corrected chi connectivity index (χ4v) is 3.77. The average Bonchev–Trinajstić information content (AvgIpc) is 3.45. The van der Waals surface area contributed by atoms with Crippen LogP contribution in [0, 0.1) is 19.8 Å². The number of carbonyl (C=O) groups excluding carboxylic acids is 1. The fraction of sp³-hybridized carbons (Fsp3) is 0.409. The van der Waals surface area contributed by atoms with Gasteiger partial charge in [-0.15, -0.1) is 5.10 Å². The van der Waals surface area contributed by atoms with Gasteiger partial charge in [0.1, 0.15) is 23.3 Å². The second-order valence-electron chi connectivity index (χ2n) is 7.61. The summed E-state index contributed by atoms with van der Waals surface area (Å²) in [4.78, 5) is 25.4. The van der Waals surface area contributed by atoms with Gasteiger partial charge in [-0.1, -0.05) is 6.07 Å². The molecule has 1 aromatic carbocycles. The highest BCUT2D eigenvalue weighted by molar-refractivity contribution is 5.82. The summed E-state index contributed by atoms with van der Waals surface area (Å²) in [5, 5.41) is 4.56. The van der Waals surface area contributed by atoms with Crippen LogP contribution in [0.15, 0.2) is 24.3 Å². The van der Waals surface area contributed by atoms with E-state index in [0.29, 0.717) is 35.4 Å². The second-order valence-corrected chi connectivity index (χ2v) is 7.61. The number of hydrogen-bond acceptors (Lipinski definition) is 7. The maximum atomic E-state index is 11.7. The Hall–Kier alpha value is -3.29. The van der Waals surface area contributed by atoms with Crippen molar-refractivity contribution in [1.82, 2.24) is 24.7 Å². The minimum Gasteiger partial charge on any atom is -0.493 e. The van der Waals surface area contributed by atoms with Crippen molar-refractivity contribution in [2.75, 3.05) is 14.2 Å². The van der Waals surface area contributed by atoms with Gasteiger partial charge in [0, 0.05) is 24.3 Å². The Morgan fingerprint density at radius 2 is 1.83 bits per heavy atom. The molecule has 0 bridgehead atoms. The van der Waals surface area contributed by atoms with Crippen molar-refractivity contribution in [3.05, 3.63) is 53.0 Å². The van der Waals surface area contributed by atoms with E-state index in [9.17, 15) is 4.79 Å². The Labute approximate surface area is 175 Å². The van der Waals surface area contributed by atoms with Crippen molar-refractivity contribution in [2.24, 2.45) is 5.92 Å². The third-order valence-corrected chi connectivity index (χ3v) is 5.34. The molecule has 156 valence electrons. The van der Waals surface area contributed by atoms with Crippen LogP contribution in [0.25, 0.3) is 5.82 Å². The molecular weight excluding hydrogens is 382 g/mol. The smallest absolute Gasteiger partial charge is 0.161 e. The van der Waals surface area contributed by atoms with E-state index < -0.39 is 0 Å². The molecule has 0 aliphatic heterocycles. The summed E-state index contributed by atoms with van der Waals surface area (Å²) in [6.45, 7) is 5.35. The first-order chi connectivity index (χ1) is 14.4. The number of benzene rings is 1. The van der Waals surface area contributed by atoms with E-state index >= 15 is 0 Å². The number of methoxy groups -OCH3 is 2. The van der Waals surface area contributed by atoms with E-state index in [1.807, 2.05) is 38.1 Å². The van der Waals surface area contributed by atoms with Crippen molar-refractivity contribution >= 4 is 5.78 Å². The molecule has 1 aliphatic carbocycles. The van der Waals surface area contributed by atoms with Gasteiger partial charge in [0.05, 0.1) is 19.9 Å². The van der Waals surface area contributed by atoms with Gasteiger partial charge in [-0.2, -0.15) is 4.68 Å². The number of aromatic nitrogens is 5. The van der Waals surface area contributed by atoms with Crippen molar-refractivity contribution < 1.29 is 14.3 Å². The van der Waals surface area contributed by atoms with Crippen LogP contribution in [0.1, 0.15) is 48.0 Å². The van der Waals surface area contributed by atoms with Gasteiger partial charge in [0.2, 0.25) is 0 Å². The van der Waals surface area contributed by atoms with E-state index in [0.717, 1.165) is 23.5 Å². The van der Waals surface area contributed by atoms with Crippen molar-refractivity contribution in [3.8, 4) is 17.3 Å². The first-order valence-electron chi connectivity index (χ1n) is 9.89. The SMILES string of the molecule is COc1ccc(Cc2nc(C)nn2-c2cc(C3CC3C(C)=O)nc(C)n2)cc1OC. The zero-order chi connectivity index (χ0) is 21.4. The molecule has 1 aliphatic rings. The van der Waals surface area contributed by atoms with Gasteiger partial charge in [0.15, 0.2) is 17.3 Å². The van der Waals surface area contributed by atoms with E-state index in [2.05, 4.69) is 20.1 Å². The molecular formula is C22H25N5O3. The van der Waals surface area contributed by atoms with Crippen LogP contribution < -0.4 is 9.47 Å². The molecule has 1 fully saturated rings. The number of ketones is 1. The van der Waals surface area contributed by atoms with Crippen LogP contribution >= 0.6 is 0 Å². The molecule has 8 heteroatoms. The highest BCUT2D eigenvalue weighted by atomic mass is 16.5. The maximum Gasteiger partial charge on any atom is 0.161 e. The molecule has 0 saturated heterocycles. The summed E-state index contributed by atoms with van der Waals surface area (Å²) in [5.41, 5.74) is 1.91. The third-order valence-electron chi connectivity index (χ3n) is 5.34. The summed E-state index contributed by atoms with van der Waals surface area (Å²) in [6.07, 6.45) is 1.40. The number of carbonyl (C=O) groups is 1. The quantitative estimate of drug-likeness (QED) is 0.594. The van der Waals surface area contributed by atoms with Crippen LogP contribution in [-0.2, 0) is 11.2 Å². The molecule has 2 unspecified atom stereocenters. The zero-order valence-electron chi connectivity index (χ0n) is 17.8. The lowest BCUT2D eigenvalue weighted by Gasteiger charge is -2.11. The van der Waals surface area contributed by atoms with E-state index in [4.69, 9.17) is 9.47 Å². The van der Waals surface area contributed by atoms with Gasteiger partial charge < -0.3 is 9.47 Å². The van der Waals surface area contributed by atoms with Crippen LogP contribution in [0.5, 0.6) is 11.5 Å². The molecule has 2 heterocycles. The van der Waals surface area contributed by atoms with Crippen molar-refractivity contribution in [1.29, 1.82) is 0 Å². The fourth-order valence-electron chi connectivity index (χ4n) is 3.77. The molecule has 3 aromatic rings. The molecule has 0 radical (unpaired) electrons. The molecule has 2 aromatic heterocycles. The van der Waals surface area contributed by atoms with Gasteiger partial charge in [-0.05, 0) is 44.9 Å². The predicted molar refractivity (Wildman–Crippen MR) is 110 cm³/mol. The number of nitrogens with zero attached hydrogens (tertiary/aromatic N) is 5. The average molecular weight is 407 g/mol. The third kappa shape index (κ3) is 3.90. The number of hydrogen-bond donors (Lipinski definition) is 0. The van der Waals surface area contributed by atoms with Gasteiger partial charge in [-0.3, -0.25) is 4.79 Å². The first kappa shape index (κ1) is 20.0. The monoisotopic (exact) mass is 407 g/mol. The zero-order valence-corrected chi connectivity index (χ0v) is 17.8. The highest BCUT2D eigenvalue weighted by Gasteiger charge is 2.43. The minimum atomic E-state index is 0.0656. The molecule has 4 rings (SSSR count). The summed E-state index contributed by atoms with van der Waals surface area (Å²) in [5.74, 6) is 4.55. The number of aryl methyl sites for hydroxylation is 2. The first-order valence-corrected chi connectivity index (χ1v) is 9.89. The minimum absolute atomic E-state index is 0.0656. The van der Waals surface area contributed by atoms with E-state index in [-0.39, 0.29) is 17.6 Å². The molecule has 2 atom stereocenters. The lowest BCUT2D eigenvalue weighted by Crippen LogP contribution is -2.09. The van der Waals surface area contributed by atoms with Crippen LogP contribution in [0.4, 0.5) is 0 Å². The molecule has 8 nitrogen and oxygen atoms in total. The van der Waals surface area contributed by atoms with E-state index in [1.54, 1.807) is 25.8 Å². The highest BCUT2D eigenvalue weighted by Crippen LogP contribution is 2.47. The summed E-state index contributed by atoms with van der Waals surface area (Å²) >= 11 is 0. The number of ether oxygens (including phenoxy) is 2. The summed E-state index contributed by atoms with van der Waals surface area (Å²) in [7, 11) is 3.23. The second kappa shape index (κ2) is 7.85. The standard InChI is InChI=1S/C22H25N5O3/c1-12(28)16-10-17(16)18-11-22(24-13(2)23-18)27-21(25-14(3)26-27)9-15-6-7-19(29-4)20(8-15)30-5/h6-8,11,16-17H,9-10H2,1-5H3. The molecule has 0 N–H and O–H groups in total. The van der Waals surface area contributed by atoms with E-state index in [1.165, 1.54) is 0 Å². The Kier molecular flexibility index (Phi) is 5.24. The van der Waals surface area contributed by atoms with Crippen LogP contribution in [0.3, 0.4) is 0 Å². The van der Waals surface area contributed by atoms with Gasteiger partial charge in [-0.25, -0.2) is 15.0 Å². The molecule has 0 amide bonds. The maximum absolute atomic E-state index is 11.7. The topological polar surface area (TPSA) is 92.0 Å². The predicted octanol–water partition coefficient (Wildman–Crippen LogP) is 2.97. The lowest BCUT2D eigenvalue weighted by molar-refractivity contribution is -0.118. The Morgan fingerprint density at radius 3 is 2.50 bits per heavy atom. The summed E-state index contributed by atoms with van der Waals surface area (Å²) < 4.78 is 12.5. The lowest BCUT2D eigenvalue weighted by atomic mass is 10.1. The summed E-state index contributed by atoms with van der Waals surface area (Å²) in [6, 6.07) is 7.72. The molecule has 1 saturated carbocycles. The number of Topliss-reactive ketones (excluding diaryl/α,β-unsaturated/α-hetero) is 1. The molecule has 30 heavy (non-hydrogen) atoms. The largest absolute Gasteiger partial charge is 0.493 e. The Morgan fingerprint density at radius 1 is 1.07 bits per heavy atom. The number of rotatable bonds is 7. The van der Waals surface area contributed by atoms with Gasteiger partial charge >= 0.3 is 0 Å². The Balaban J connectivity index is 1.67. The normalized spacial score (nSPS) is 17.6. The van der Waals surface area contributed by atoms with Crippen LogP contribution in [0.2, 0.25) is 0 Å². The van der Waals surface area contributed by atoms with Crippen molar-refractivity contribution in [3.63, 3.8) is 0 Å². The van der Waals surface area contributed by atoms with Gasteiger partial charge in [0.25, 0.3) is 0 Å². The van der Waals surface area contributed by atoms with Crippen LogP contribution in [-0.4, -0.2) is 44.7 Å². The Bertz CT molecular complexity index is 1110. The molecule has 0 spiro atoms. The van der Waals surface area contributed by atoms with Crippen molar-refractivity contribution in [2.45, 2.75) is 39.5 Å².